The molecule has 0 saturated heterocycles. The Labute approximate surface area is 180 Å². The highest BCUT2D eigenvalue weighted by Crippen LogP contribution is 2.46. The summed E-state index contributed by atoms with van der Waals surface area (Å²) >= 11 is 0. The summed E-state index contributed by atoms with van der Waals surface area (Å²) < 4.78 is 13.6. The fourth-order valence-electron chi connectivity index (χ4n) is 3.04. The van der Waals surface area contributed by atoms with E-state index in [4.69, 9.17) is 8.85 Å². The fourth-order valence-corrected chi connectivity index (χ4v) is 5.10. The van der Waals surface area contributed by atoms with Gasteiger partial charge in [0.1, 0.15) is 11.5 Å². The van der Waals surface area contributed by atoms with Gasteiger partial charge in [0.15, 0.2) is 5.78 Å². The first-order chi connectivity index (χ1) is 13.1. The van der Waals surface area contributed by atoms with Crippen molar-refractivity contribution in [1.29, 1.82) is 0 Å². The number of benzene rings is 1. The van der Waals surface area contributed by atoms with Crippen LogP contribution in [0.5, 0.6) is 11.5 Å². The predicted octanol–water partition coefficient (Wildman–Crippen LogP) is 7.75. The van der Waals surface area contributed by atoms with Gasteiger partial charge in [-0.3, -0.25) is 4.79 Å². The lowest BCUT2D eigenvalue weighted by Crippen LogP contribution is -2.46. The molecule has 1 aliphatic carbocycles. The van der Waals surface area contributed by atoms with E-state index in [0.29, 0.717) is 6.42 Å². The van der Waals surface area contributed by atoms with Gasteiger partial charge in [-0.2, -0.15) is 0 Å². The van der Waals surface area contributed by atoms with Gasteiger partial charge in [0.2, 0.25) is 0 Å². The third-order valence-electron chi connectivity index (χ3n) is 7.19. The van der Waals surface area contributed by atoms with Crippen LogP contribution in [-0.4, -0.2) is 22.4 Å². The molecule has 164 valence electrons. The molecule has 0 N–H and O–H groups in total. The van der Waals surface area contributed by atoms with Crippen LogP contribution in [0.2, 0.25) is 36.3 Å². The number of hydrogen-bond donors (Lipinski definition) is 0. The number of carbonyl (C=O) groups is 1. The summed E-state index contributed by atoms with van der Waals surface area (Å²) in [5.74, 6) is 1.95. The maximum absolute atomic E-state index is 12.9. The second-order valence-electron chi connectivity index (χ2n) is 11.6. The van der Waals surface area contributed by atoms with E-state index in [2.05, 4.69) is 67.7 Å². The van der Waals surface area contributed by atoms with Crippen molar-refractivity contribution in [2.24, 2.45) is 0 Å². The highest BCUT2D eigenvalue weighted by atomic mass is 28.4. The lowest BCUT2D eigenvalue weighted by atomic mass is 9.91. The first kappa shape index (κ1) is 24.2. The second-order valence-corrected chi connectivity index (χ2v) is 21.1. The van der Waals surface area contributed by atoms with Crippen molar-refractivity contribution in [3.05, 3.63) is 23.3 Å². The summed E-state index contributed by atoms with van der Waals surface area (Å²) in [5.41, 5.74) is 1.93. The number of hydrogen-bond acceptors (Lipinski definition) is 3. The Kier molecular flexibility index (Phi) is 6.86. The molecule has 0 bridgehead atoms. The molecule has 1 aromatic rings. The number of ketones is 1. The minimum Gasteiger partial charge on any atom is -0.541 e. The van der Waals surface area contributed by atoms with Gasteiger partial charge < -0.3 is 8.85 Å². The first-order valence-corrected chi connectivity index (χ1v) is 17.0. The van der Waals surface area contributed by atoms with Crippen LogP contribution in [0.1, 0.15) is 83.1 Å². The van der Waals surface area contributed by atoms with E-state index in [1.165, 1.54) is 0 Å². The van der Waals surface area contributed by atoms with Crippen LogP contribution in [0.25, 0.3) is 0 Å². The van der Waals surface area contributed by atoms with Gasteiger partial charge in [0.05, 0.1) is 0 Å². The maximum atomic E-state index is 12.9. The molecule has 0 aromatic heterocycles. The molecule has 29 heavy (non-hydrogen) atoms. The summed E-state index contributed by atoms with van der Waals surface area (Å²) in [4.78, 5) is 12.9. The Morgan fingerprint density at radius 2 is 1.28 bits per heavy atom. The Morgan fingerprint density at radius 1 is 0.759 bits per heavy atom. The van der Waals surface area contributed by atoms with Gasteiger partial charge in [0.25, 0.3) is 16.6 Å². The number of Topliss-reactive ketones (excluding diaryl/α,β-unsaturated/α-hetero) is 1. The molecular formula is C24H42O3Si2. The maximum Gasteiger partial charge on any atom is 0.250 e. The van der Waals surface area contributed by atoms with E-state index in [9.17, 15) is 4.79 Å². The van der Waals surface area contributed by atoms with Gasteiger partial charge in [-0.05, 0) is 67.7 Å². The number of fused-ring (bicyclic) bond motifs is 1. The third-order valence-corrected chi connectivity index (χ3v) is 15.9. The third kappa shape index (κ3) is 5.35. The largest absolute Gasteiger partial charge is 0.541 e. The van der Waals surface area contributed by atoms with Gasteiger partial charge in [0, 0.05) is 17.5 Å². The van der Waals surface area contributed by atoms with Crippen LogP contribution in [0, 0.1) is 0 Å². The van der Waals surface area contributed by atoms with Crippen LogP contribution in [0.3, 0.4) is 0 Å². The summed E-state index contributed by atoms with van der Waals surface area (Å²) in [6, 6.07) is 3.99. The molecule has 0 saturated carbocycles. The van der Waals surface area contributed by atoms with Crippen LogP contribution in [0.4, 0.5) is 0 Å². The second kappa shape index (κ2) is 8.22. The van der Waals surface area contributed by atoms with E-state index >= 15 is 0 Å². The molecule has 3 nitrogen and oxygen atoms in total. The molecule has 0 radical (unpaired) electrons. The van der Waals surface area contributed by atoms with E-state index in [1.54, 1.807) is 0 Å². The zero-order valence-corrected chi connectivity index (χ0v) is 22.4. The smallest absolute Gasteiger partial charge is 0.250 e. The molecular weight excluding hydrogens is 392 g/mol. The molecule has 5 heteroatoms. The lowest BCUT2D eigenvalue weighted by molar-refractivity contribution is 0.0976. The Hall–Kier alpha value is -1.08. The molecule has 0 unspecified atom stereocenters. The van der Waals surface area contributed by atoms with Crippen molar-refractivity contribution in [2.45, 2.75) is 110 Å². The fraction of sp³-hybridized carbons (Fsp3) is 0.708. The summed E-state index contributed by atoms with van der Waals surface area (Å²) in [7, 11) is -4.12. The van der Waals surface area contributed by atoms with Crippen molar-refractivity contribution >= 4 is 22.4 Å². The van der Waals surface area contributed by atoms with Crippen LogP contribution in [0.15, 0.2) is 12.1 Å². The van der Waals surface area contributed by atoms with E-state index in [-0.39, 0.29) is 15.9 Å². The van der Waals surface area contributed by atoms with Gasteiger partial charge >= 0.3 is 0 Å². The molecule has 0 heterocycles. The molecule has 0 fully saturated rings. The zero-order valence-electron chi connectivity index (χ0n) is 20.4. The van der Waals surface area contributed by atoms with Crippen molar-refractivity contribution in [1.82, 2.24) is 0 Å². The molecule has 0 atom stereocenters. The quantitative estimate of drug-likeness (QED) is 0.454. The zero-order chi connectivity index (χ0) is 22.3. The molecule has 0 spiro atoms. The minimum atomic E-state index is -2.08. The van der Waals surface area contributed by atoms with Crippen molar-refractivity contribution in [2.75, 3.05) is 0 Å². The van der Waals surface area contributed by atoms with Crippen LogP contribution >= 0.6 is 0 Å². The Bertz CT molecular complexity index is 753. The number of rotatable bonds is 4. The van der Waals surface area contributed by atoms with Gasteiger partial charge in [-0.1, -0.05) is 48.0 Å². The summed E-state index contributed by atoms with van der Waals surface area (Å²) in [5, 5.41) is 0.178. The van der Waals surface area contributed by atoms with Gasteiger partial charge in [-0.25, -0.2) is 0 Å². The number of carbonyl (C=O) groups excluding carboxylic acids is 1. The minimum absolute atomic E-state index is 0.0790. The molecule has 0 aliphatic heterocycles. The van der Waals surface area contributed by atoms with Crippen LogP contribution in [-0.2, 0) is 6.42 Å². The average molecular weight is 435 g/mol. The van der Waals surface area contributed by atoms with Crippen molar-refractivity contribution < 1.29 is 13.6 Å². The van der Waals surface area contributed by atoms with Crippen molar-refractivity contribution in [3.8, 4) is 11.5 Å². The predicted molar refractivity (Wildman–Crippen MR) is 129 cm³/mol. The molecule has 1 aromatic carbocycles. The molecule has 1 aliphatic rings. The Balaban J connectivity index is 2.64. The first-order valence-electron chi connectivity index (χ1n) is 11.1. The van der Waals surface area contributed by atoms with Gasteiger partial charge in [-0.15, -0.1) is 0 Å². The van der Waals surface area contributed by atoms with Crippen LogP contribution < -0.4 is 8.85 Å². The molecule has 2 rings (SSSR count). The van der Waals surface area contributed by atoms with Crippen molar-refractivity contribution in [3.63, 3.8) is 0 Å². The topological polar surface area (TPSA) is 35.5 Å². The van der Waals surface area contributed by atoms with E-state index in [0.717, 1.165) is 48.3 Å². The SMILES string of the molecule is CC(C)(C)[Si](C)(C)Oc1ccc2c(c1O[Si](C)(C)C(C)(C)C)CCCCCC2=O. The monoisotopic (exact) mass is 434 g/mol. The van der Waals surface area contributed by atoms with E-state index < -0.39 is 16.6 Å². The highest BCUT2D eigenvalue weighted by molar-refractivity contribution is 6.75. The summed E-state index contributed by atoms with van der Waals surface area (Å²) in [6.45, 7) is 22.6. The highest BCUT2D eigenvalue weighted by Gasteiger charge is 2.43. The standard InChI is InChI=1S/C24H42O3Si2/c1-23(2,3)28(7,8)26-21-17-16-18-19(14-12-11-13-15-20(18)25)22(21)27-29(9,10)24(4,5)6/h16-17H,11-15H2,1-10H3. The van der Waals surface area contributed by atoms with E-state index in [1.807, 2.05) is 12.1 Å². The summed E-state index contributed by atoms with van der Waals surface area (Å²) in [6.07, 6.45) is 4.70. The normalized spacial score (nSPS) is 16.7. The average Bonchev–Trinajstić information content (AvgIpc) is 2.52. The lowest BCUT2D eigenvalue weighted by Gasteiger charge is -2.40. The Morgan fingerprint density at radius 3 is 1.83 bits per heavy atom. The molecule has 0 amide bonds.